The Morgan fingerprint density at radius 1 is 0.872 bits per heavy atom. The maximum absolute atomic E-state index is 12.8. The first-order chi connectivity index (χ1) is 18.5. The summed E-state index contributed by atoms with van der Waals surface area (Å²) in [6.07, 6.45) is 0. The van der Waals surface area contributed by atoms with E-state index >= 15 is 0 Å². The molecule has 0 spiro atoms. The van der Waals surface area contributed by atoms with Crippen LogP contribution >= 0.6 is 23.2 Å². The Morgan fingerprint density at radius 3 is 2.13 bits per heavy atom. The molecule has 3 aromatic carbocycles. The van der Waals surface area contributed by atoms with Crippen molar-refractivity contribution in [2.24, 2.45) is 0 Å². The average molecular weight is 576 g/mol. The van der Waals surface area contributed by atoms with Crippen molar-refractivity contribution in [1.29, 1.82) is 0 Å². The number of rotatable bonds is 10. The van der Waals surface area contributed by atoms with Crippen LogP contribution in [-0.2, 0) is 11.3 Å². The summed E-state index contributed by atoms with van der Waals surface area (Å²) >= 11 is 12.4. The summed E-state index contributed by atoms with van der Waals surface area (Å²) in [5, 5.41) is 35.7. The van der Waals surface area contributed by atoms with Crippen LogP contribution in [0.2, 0.25) is 10.0 Å². The lowest BCUT2D eigenvalue weighted by Crippen LogP contribution is -2.48. The highest BCUT2D eigenvalue weighted by atomic mass is 35.5. The zero-order valence-corrected chi connectivity index (χ0v) is 21.8. The highest BCUT2D eigenvalue weighted by Gasteiger charge is 2.25. The Hall–Kier alpha value is -4.48. The van der Waals surface area contributed by atoms with Gasteiger partial charge in [0.1, 0.15) is 11.8 Å². The average Bonchev–Trinajstić information content (AvgIpc) is 2.88. The Bertz CT molecular complexity index is 1410. The van der Waals surface area contributed by atoms with E-state index in [2.05, 4.69) is 16.0 Å². The maximum Gasteiger partial charge on any atom is 0.328 e. The number of phenols is 2. The molecule has 3 aromatic rings. The number of carboxylic acids is 1. The van der Waals surface area contributed by atoms with Crippen LogP contribution in [0.5, 0.6) is 17.2 Å². The number of carboxylic acid groups (broad SMARTS) is 1. The largest absolute Gasteiger partial charge is 0.508 e. The van der Waals surface area contributed by atoms with Gasteiger partial charge in [0.25, 0.3) is 17.7 Å². The van der Waals surface area contributed by atoms with Gasteiger partial charge in [0, 0.05) is 24.2 Å². The Labute approximate surface area is 232 Å². The van der Waals surface area contributed by atoms with Gasteiger partial charge in [-0.25, -0.2) is 4.79 Å². The van der Waals surface area contributed by atoms with E-state index < -0.39 is 36.3 Å². The second kappa shape index (κ2) is 12.9. The van der Waals surface area contributed by atoms with E-state index in [0.717, 1.165) is 6.07 Å². The lowest BCUT2D eigenvalue weighted by atomic mass is 10.1. The number of hydrogen-bond acceptors (Lipinski definition) is 7. The van der Waals surface area contributed by atoms with Gasteiger partial charge in [-0.05, 0) is 48.0 Å². The Balaban J connectivity index is 1.66. The summed E-state index contributed by atoms with van der Waals surface area (Å²) in [6.45, 7) is -0.398. The van der Waals surface area contributed by atoms with Gasteiger partial charge in [-0.15, -0.1) is 0 Å². The molecule has 0 radical (unpaired) electrons. The van der Waals surface area contributed by atoms with Crippen LogP contribution in [0.15, 0.2) is 54.6 Å². The van der Waals surface area contributed by atoms with Gasteiger partial charge in [-0.1, -0.05) is 35.3 Å². The predicted octanol–water partition coefficient (Wildman–Crippen LogP) is 2.96. The molecule has 0 fully saturated rings. The molecule has 0 bridgehead atoms. The number of amides is 3. The van der Waals surface area contributed by atoms with E-state index in [0.29, 0.717) is 5.56 Å². The van der Waals surface area contributed by atoms with Crippen molar-refractivity contribution in [3.8, 4) is 17.2 Å². The molecule has 0 aliphatic rings. The number of phenolic OH excluding ortho intramolecular Hbond substituents is 2. The summed E-state index contributed by atoms with van der Waals surface area (Å²) in [6, 6.07) is 11.0. The molecule has 39 heavy (non-hydrogen) atoms. The zero-order valence-electron chi connectivity index (χ0n) is 20.3. The van der Waals surface area contributed by atoms with Gasteiger partial charge in [0.05, 0.1) is 22.7 Å². The number of methoxy groups -OCH3 is 1. The lowest BCUT2D eigenvalue weighted by Gasteiger charge is -2.17. The number of ether oxygens (including phenoxy) is 1. The minimum Gasteiger partial charge on any atom is -0.508 e. The van der Waals surface area contributed by atoms with Gasteiger partial charge in [-0.2, -0.15) is 0 Å². The lowest BCUT2D eigenvalue weighted by molar-refractivity contribution is -0.139. The first-order valence-corrected chi connectivity index (χ1v) is 12.0. The molecule has 0 saturated heterocycles. The van der Waals surface area contributed by atoms with Crippen LogP contribution in [0.25, 0.3) is 0 Å². The third kappa shape index (κ3) is 7.53. The van der Waals surface area contributed by atoms with Gasteiger partial charge >= 0.3 is 5.97 Å². The van der Waals surface area contributed by atoms with E-state index in [1.54, 1.807) is 12.1 Å². The Morgan fingerprint density at radius 2 is 1.54 bits per heavy atom. The van der Waals surface area contributed by atoms with Crippen LogP contribution in [0, 0.1) is 0 Å². The topological polar surface area (TPSA) is 174 Å². The first-order valence-electron chi connectivity index (χ1n) is 11.2. The number of aromatic hydroxyl groups is 2. The summed E-state index contributed by atoms with van der Waals surface area (Å²) < 4.78 is 4.91. The second-order valence-electron chi connectivity index (χ2n) is 8.13. The summed E-state index contributed by atoms with van der Waals surface area (Å²) in [5.41, 5.74) is 0.465. The fourth-order valence-corrected chi connectivity index (χ4v) is 4.09. The third-order valence-corrected chi connectivity index (χ3v) is 6.00. The molecule has 1 unspecified atom stereocenters. The molecule has 0 aliphatic carbocycles. The molecular weight excluding hydrogens is 553 g/mol. The van der Waals surface area contributed by atoms with Crippen molar-refractivity contribution in [1.82, 2.24) is 16.0 Å². The quantitative estimate of drug-likeness (QED) is 0.214. The highest BCUT2D eigenvalue weighted by molar-refractivity contribution is 6.40. The van der Waals surface area contributed by atoms with Crippen LogP contribution in [0.3, 0.4) is 0 Å². The number of carbonyl (C=O) groups excluding carboxylic acids is 3. The van der Waals surface area contributed by atoms with E-state index in [-0.39, 0.29) is 50.5 Å². The predicted molar refractivity (Wildman–Crippen MR) is 142 cm³/mol. The fourth-order valence-electron chi connectivity index (χ4n) is 3.43. The van der Waals surface area contributed by atoms with Gasteiger partial charge in [0.2, 0.25) is 0 Å². The van der Waals surface area contributed by atoms with E-state index in [9.17, 15) is 34.5 Å². The van der Waals surface area contributed by atoms with Crippen molar-refractivity contribution in [3.63, 3.8) is 0 Å². The first kappa shape index (κ1) is 29.1. The standard InChI is InChI=1S/C26H23Cl2N3O8/c1-39-21-6-5-14(10-20(21)33)23(34)30-12-19(26(37)38)31-25(36)22-17(27)8-15(9-18(22)28)24(35)29-11-13-3-2-4-16(32)7-13/h2-10,19,32-33H,11-12H2,1H3,(H,29,35)(H,30,34)(H,31,36)(H,37,38). The van der Waals surface area contributed by atoms with Gasteiger partial charge in [0.15, 0.2) is 11.5 Å². The highest BCUT2D eigenvalue weighted by Crippen LogP contribution is 2.28. The second-order valence-corrected chi connectivity index (χ2v) is 8.94. The van der Waals surface area contributed by atoms with E-state index in [1.165, 1.54) is 43.5 Å². The zero-order chi connectivity index (χ0) is 28.7. The maximum atomic E-state index is 12.8. The minimum absolute atomic E-state index is 0.0350. The van der Waals surface area contributed by atoms with Crippen molar-refractivity contribution in [2.75, 3.05) is 13.7 Å². The van der Waals surface area contributed by atoms with Crippen molar-refractivity contribution < 1.29 is 39.2 Å². The summed E-state index contributed by atoms with van der Waals surface area (Å²) in [4.78, 5) is 49.5. The molecule has 0 aliphatic heterocycles. The number of hydrogen-bond donors (Lipinski definition) is 6. The SMILES string of the molecule is COc1ccc(C(=O)NCC(NC(=O)c2c(Cl)cc(C(=O)NCc3cccc(O)c3)cc2Cl)C(=O)O)cc1O. The molecule has 13 heteroatoms. The van der Waals surface area contributed by atoms with E-state index in [4.69, 9.17) is 27.9 Å². The third-order valence-electron chi connectivity index (χ3n) is 5.41. The van der Waals surface area contributed by atoms with Crippen LogP contribution in [-0.4, -0.2) is 58.7 Å². The van der Waals surface area contributed by atoms with Crippen LogP contribution in [0.1, 0.15) is 36.6 Å². The number of benzene rings is 3. The van der Waals surface area contributed by atoms with E-state index in [1.807, 2.05) is 0 Å². The minimum atomic E-state index is -1.56. The molecule has 1 atom stereocenters. The Kier molecular flexibility index (Phi) is 9.58. The molecule has 0 saturated carbocycles. The number of aliphatic carboxylic acids is 1. The molecule has 204 valence electrons. The van der Waals surface area contributed by atoms with Gasteiger partial charge < -0.3 is 36.0 Å². The van der Waals surface area contributed by atoms with Crippen molar-refractivity contribution >= 4 is 46.9 Å². The molecule has 6 N–H and O–H groups in total. The van der Waals surface area contributed by atoms with Crippen LogP contribution < -0.4 is 20.7 Å². The number of nitrogens with one attached hydrogen (secondary N) is 3. The number of halogens is 2. The summed E-state index contributed by atoms with van der Waals surface area (Å²) in [7, 11) is 1.34. The van der Waals surface area contributed by atoms with Crippen molar-refractivity contribution in [2.45, 2.75) is 12.6 Å². The summed E-state index contributed by atoms with van der Waals surface area (Å²) in [5.74, 6) is -3.74. The molecule has 0 heterocycles. The molecular formula is C26H23Cl2N3O8. The normalized spacial score (nSPS) is 11.3. The molecule has 3 rings (SSSR count). The van der Waals surface area contributed by atoms with Crippen molar-refractivity contribution in [3.05, 3.63) is 86.9 Å². The fraction of sp³-hybridized carbons (Fsp3) is 0.154. The van der Waals surface area contributed by atoms with Gasteiger partial charge in [-0.3, -0.25) is 14.4 Å². The number of carbonyl (C=O) groups is 4. The smallest absolute Gasteiger partial charge is 0.328 e. The molecule has 0 aromatic heterocycles. The monoisotopic (exact) mass is 575 g/mol. The molecule has 3 amide bonds. The van der Waals surface area contributed by atoms with Crippen LogP contribution in [0.4, 0.5) is 0 Å². The molecule has 11 nitrogen and oxygen atoms in total.